The molecule has 106 valence electrons. The maximum atomic E-state index is 10.7. The molecule has 0 aliphatic rings. The summed E-state index contributed by atoms with van der Waals surface area (Å²) in [6, 6.07) is 6.59. The van der Waals surface area contributed by atoms with E-state index in [9.17, 15) is 10.1 Å². The number of halogens is 1. The third kappa shape index (κ3) is 3.34. The first-order chi connectivity index (χ1) is 9.47. The molecule has 1 N–H and O–H groups in total. The van der Waals surface area contributed by atoms with Crippen LogP contribution in [-0.4, -0.2) is 20.7 Å². The second-order valence-corrected chi connectivity index (χ2v) is 5.09. The molecule has 0 aliphatic carbocycles. The largest absolute Gasteiger partial charge is 0.309 e. The van der Waals surface area contributed by atoms with Gasteiger partial charge < -0.3 is 5.32 Å². The van der Waals surface area contributed by atoms with Gasteiger partial charge in [-0.25, -0.2) is 4.68 Å². The lowest BCUT2D eigenvalue weighted by molar-refractivity contribution is -0.384. The van der Waals surface area contributed by atoms with E-state index in [1.54, 1.807) is 16.9 Å². The van der Waals surface area contributed by atoms with Crippen LogP contribution in [0.4, 0.5) is 5.69 Å². The van der Waals surface area contributed by atoms with Crippen LogP contribution in [0.3, 0.4) is 0 Å². The lowest BCUT2D eigenvalue weighted by Crippen LogP contribution is -2.22. The molecular formula is C13H15ClN4O2. The summed E-state index contributed by atoms with van der Waals surface area (Å²) >= 11 is 6.06. The second kappa shape index (κ2) is 6.02. The summed E-state index contributed by atoms with van der Waals surface area (Å²) in [4.78, 5) is 10.2. The maximum absolute atomic E-state index is 10.7. The first-order valence-corrected chi connectivity index (χ1v) is 6.57. The smallest absolute Gasteiger partial charge is 0.271 e. The number of hydrogen-bond acceptors (Lipinski definition) is 4. The van der Waals surface area contributed by atoms with Crippen molar-refractivity contribution in [1.82, 2.24) is 15.1 Å². The van der Waals surface area contributed by atoms with Crippen LogP contribution in [0.2, 0.25) is 5.02 Å². The van der Waals surface area contributed by atoms with Crippen LogP contribution in [0.15, 0.2) is 30.5 Å². The second-order valence-electron chi connectivity index (χ2n) is 4.68. The predicted octanol–water partition coefficient (Wildman–Crippen LogP) is 2.93. The Morgan fingerprint density at radius 1 is 1.45 bits per heavy atom. The topological polar surface area (TPSA) is 73.0 Å². The van der Waals surface area contributed by atoms with Gasteiger partial charge in [0.1, 0.15) is 0 Å². The van der Waals surface area contributed by atoms with Gasteiger partial charge in [0.15, 0.2) is 0 Å². The van der Waals surface area contributed by atoms with Crippen molar-refractivity contribution in [2.45, 2.75) is 26.4 Å². The number of nitro benzene ring substituents is 1. The van der Waals surface area contributed by atoms with Gasteiger partial charge in [-0.3, -0.25) is 10.1 Å². The van der Waals surface area contributed by atoms with E-state index >= 15 is 0 Å². The molecule has 2 rings (SSSR count). The Morgan fingerprint density at radius 3 is 2.80 bits per heavy atom. The fourth-order valence-electron chi connectivity index (χ4n) is 1.69. The van der Waals surface area contributed by atoms with Crippen LogP contribution in [-0.2, 0) is 6.54 Å². The summed E-state index contributed by atoms with van der Waals surface area (Å²) in [5.41, 5.74) is 1.47. The first kappa shape index (κ1) is 14.5. The Kier molecular flexibility index (Phi) is 4.36. The van der Waals surface area contributed by atoms with E-state index in [1.807, 2.05) is 6.07 Å². The number of aromatic nitrogens is 2. The van der Waals surface area contributed by atoms with Crippen LogP contribution >= 0.6 is 11.6 Å². The summed E-state index contributed by atoms with van der Waals surface area (Å²) in [6.07, 6.45) is 1.78. The van der Waals surface area contributed by atoms with Gasteiger partial charge in [0.2, 0.25) is 0 Å². The number of benzene rings is 1. The molecule has 1 heterocycles. The molecule has 6 nitrogen and oxygen atoms in total. The van der Waals surface area contributed by atoms with Gasteiger partial charge in [0.25, 0.3) is 5.69 Å². The standard InChI is InChI=1S/C13H15ClN4O2/c1-9(2)15-8-10-5-6-17(16-10)13-4-3-11(18(19)20)7-12(13)14/h3-7,9,15H,8H2,1-2H3. The van der Waals surface area contributed by atoms with Gasteiger partial charge in [0, 0.05) is 30.9 Å². The molecular weight excluding hydrogens is 280 g/mol. The normalized spacial score (nSPS) is 11.0. The quantitative estimate of drug-likeness (QED) is 0.680. The molecule has 0 saturated carbocycles. The number of rotatable bonds is 5. The molecule has 0 atom stereocenters. The zero-order valence-electron chi connectivity index (χ0n) is 11.2. The lowest BCUT2D eigenvalue weighted by atomic mass is 10.3. The highest BCUT2D eigenvalue weighted by atomic mass is 35.5. The van der Waals surface area contributed by atoms with Crippen molar-refractivity contribution in [3.63, 3.8) is 0 Å². The van der Waals surface area contributed by atoms with Gasteiger partial charge in [-0.1, -0.05) is 25.4 Å². The third-order valence-corrected chi connectivity index (χ3v) is 3.03. The molecule has 1 aromatic heterocycles. The minimum absolute atomic E-state index is 0.0346. The highest BCUT2D eigenvalue weighted by molar-refractivity contribution is 6.32. The molecule has 20 heavy (non-hydrogen) atoms. The summed E-state index contributed by atoms with van der Waals surface area (Å²) in [5.74, 6) is 0. The minimum Gasteiger partial charge on any atom is -0.309 e. The molecule has 0 amide bonds. The molecule has 0 saturated heterocycles. The molecule has 1 aromatic carbocycles. The minimum atomic E-state index is -0.475. The molecule has 2 aromatic rings. The summed E-state index contributed by atoms with van der Waals surface area (Å²) in [7, 11) is 0. The molecule has 0 fully saturated rings. The Bertz CT molecular complexity index is 625. The maximum Gasteiger partial charge on any atom is 0.271 e. The summed E-state index contributed by atoms with van der Waals surface area (Å²) in [6.45, 7) is 4.78. The molecule has 0 bridgehead atoms. The van der Waals surface area contributed by atoms with Crippen LogP contribution in [0.25, 0.3) is 5.69 Å². The third-order valence-electron chi connectivity index (χ3n) is 2.72. The summed E-state index contributed by atoms with van der Waals surface area (Å²) in [5, 5.41) is 18.6. The first-order valence-electron chi connectivity index (χ1n) is 6.19. The number of hydrogen-bond donors (Lipinski definition) is 1. The van der Waals surface area contributed by atoms with Crippen LogP contribution in [0.1, 0.15) is 19.5 Å². The van der Waals surface area contributed by atoms with E-state index in [2.05, 4.69) is 24.3 Å². The Labute approximate surface area is 121 Å². The molecule has 0 aliphatic heterocycles. The number of non-ortho nitro benzene ring substituents is 1. The molecule has 7 heteroatoms. The van der Waals surface area contributed by atoms with Gasteiger partial charge in [-0.15, -0.1) is 0 Å². The predicted molar refractivity (Wildman–Crippen MR) is 77.2 cm³/mol. The monoisotopic (exact) mass is 294 g/mol. The average Bonchev–Trinajstić information content (AvgIpc) is 2.84. The zero-order chi connectivity index (χ0) is 14.7. The number of nitro groups is 1. The van der Waals surface area contributed by atoms with E-state index in [4.69, 9.17) is 11.6 Å². The van der Waals surface area contributed by atoms with Crippen molar-refractivity contribution in [2.24, 2.45) is 0 Å². The fraction of sp³-hybridized carbons (Fsp3) is 0.308. The molecule has 0 spiro atoms. The van der Waals surface area contributed by atoms with E-state index in [1.165, 1.54) is 12.1 Å². The zero-order valence-corrected chi connectivity index (χ0v) is 12.0. The number of nitrogens with one attached hydrogen (secondary N) is 1. The number of nitrogens with zero attached hydrogens (tertiary/aromatic N) is 3. The van der Waals surface area contributed by atoms with Crippen molar-refractivity contribution in [3.8, 4) is 5.69 Å². The Balaban J connectivity index is 2.21. The van der Waals surface area contributed by atoms with Crippen molar-refractivity contribution in [2.75, 3.05) is 0 Å². The van der Waals surface area contributed by atoms with Crippen LogP contribution in [0, 0.1) is 10.1 Å². The fourth-order valence-corrected chi connectivity index (χ4v) is 1.96. The van der Waals surface area contributed by atoms with Gasteiger partial charge in [0.05, 0.1) is 21.3 Å². The van der Waals surface area contributed by atoms with E-state index in [0.29, 0.717) is 23.3 Å². The van der Waals surface area contributed by atoms with Gasteiger partial charge in [-0.05, 0) is 12.1 Å². The van der Waals surface area contributed by atoms with E-state index in [-0.39, 0.29) is 5.69 Å². The van der Waals surface area contributed by atoms with Gasteiger partial charge in [-0.2, -0.15) is 5.10 Å². The molecule has 0 unspecified atom stereocenters. The van der Waals surface area contributed by atoms with Gasteiger partial charge >= 0.3 is 0 Å². The van der Waals surface area contributed by atoms with Crippen LogP contribution < -0.4 is 5.32 Å². The van der Waals surface area contributed by atoms with Crippen molar-refractivity contribution in [3.05, 3.63) is 51.3 Å². The van der Waals surface area contributed by atoms with E-state index < -0.39 is 4.92 Å². The SMILES string of the molecule is CC(C)NCc1ccn(-c2ccc([N+](=O)[O-])cc2Cl)n1. The average molecular weight is 295 g/mol. The van der Waals surface area contributed by atoms with Crippen LogP contribution in [0.5, 0.6) is 0 Å². The molecule has 0 radical (unpaired) electrons. The highest BCUT2D eigenvalue weighted by Crippen LogP contribution is 2.25. The Hall–Kier alpha value is -1.92. The Morgan fingerprint density at radius 2 is 2.20 bits per heavy atom. The highest BCUT2D eigenvalue weighted by Gasteiger charge is 2.11. The lowest BCUT2D eigenvalue weighted by Gasteiger charge is -2.06. The van der Waals surface area contributed by atoms with Crippen molar-refractivity contribution < 1.29 is 4.92 Å². The van der Waals surface area contributed by atoms with Crippen molar-refractivity contribution in [1.29, 1.82) is 0 Å². The summed E-state index contributed by atoms with van der Waals surface area (Å²) < 4.78 is 1.61. The van der Waals surface area contributed by atoms with Crippen molar-refractivity contribution >= 4 is 17.3 Å². The van der Waals surface area contributed by atoms with E-state index in [0.717, 1.165) is 5.69 Å².